The summed E-state index contributed by atoms with van der Waals surface area (Å²) in [5.41, 5.74) is 0.707. The van der Waals surface area contributed by atoms with E-state index in [1.807, 2.05) is 19.9 Å². The van der Waals surface area contributed by atoms with Gasteiger partial charge in [0.1, 0.15) is 23.0 Å². The lowest BCUT2D eigenvalue weighted by molar-refractivity contribution is -0.214. The van der Waals surface area contributed by atoms with Crippen LogP contribution in [0.15, 0.2) is 69.1 Å². The summed E-state index contributed by atoms with van der Waals surface area (Å²) in [7, 11) is 2.87. The number of hydrogen-bond donors (Lipinski definition) is 0. The molecule has 36 heavy (non-hydrogen) atoms. The molecule has 2 heterocycles. The Hall–Kier alpha value is -3.85. The Balaban J connectivity index is 1.48. The van der Waals surface area contributed by atoms with E-state index < -0.39 is 35.1 Å². The molecule has 0 fully saturated rings. The minimum absolute atomic E-state index is 0.214. The number of allylic oxidation sites excluding steroid dienone is 3. The van der Waals surface area contributed by atoms with Crippen molar-refractivity contribution in [2.24, 2.45) is 0 Å². The highest BCUT2D eigenvalue weighted by atomic mass is 16.7. The topological polar surface area (TPSA) is 111 Å². The number of fused-ring (bicyclic) bond motifs is 2. The molecule has 2 atom stereocenters. The van der Waals surface area contributed by atoms with Crippen molar-refractivity contribution in [3.8, 4) is 5.75 Å². The van der Waals surface area contributed by atoms with Gasteiger partial charge in [-0.1, -0.05) is 6.08 Å². The predicted octanol–water partition coefficient (Wildman–Crippen LogP) is 3.74. The molecule has 0 spiro atoms. The summed E-state index contributed by atoms with van der Waals surface area (Å²) in [6.07, 6.45) is 6.42. The van der Waals surface area contributed by atoms with Crippen LogP contribution >= 0.6 is 0 Å². The second-order valence-corrected chi connectivity index (χ2v) is 9.09. The van der Waals surface area contributed by atoms with Crippen molar-refractivity contribution in [2.75, 3.05) is 14.2 Å². The number of methoxy groups -OCH3 is 2. The van der Waals surface area contributed by atoms with Crippen LogP contribution in [0.1, 0.15) is 32.8 Å². The van der Waals surface area contributed by atoms with Gasteiger partial charge in [0, 0.05) is 50.5 Å². The molecule has 9 heteroatoms. The molecule has 9 nitrogen and oxygen atoms in total. The predicted molar refractivity (Wildman–Crippen MR) is 129 cm³/mol. The molecule has 1 aromatic heterocycles. The van der Waals surface area contributed by atoms with Gasteiger partial charge >= 0.3 is 17.6 Å². The second-order valence-electron chi connectivity index (χ2n) is 9.09. The van der Waals surface area contributed by atoms with Gasteiger partial charge in [0.05, 0.1) is 7.11 Å². The second kappa shape index (κ2) is 9.66. The molecule has 1 aliphatic heterocycles. The molecule has 0 saturated carbocycles. The molecule has 0 amide bonds. The van der Waals surface area contributed by atoms with Crippen molar-refractivity contribution < 1.29 is 37.7 Å². The highest BCUT2D eigenvalue weighted by molar-refractivity contribution is 5.83. The zero-order valence-electron chi connectivity index (χ0n) is 20.8. The van der Waals surface area contributed by atoms with Gasteiger partial charge in [0.15, 0.2) is 5.76 Å². The summed E-state index contributed by atoms with van der Waals surface area (Å²) in [6, 6.07) is 6.60. The average molecular weight is 497 g/mol. The molecule has 190 valence electrons. The molecule has 2 aromatic rings. The van der Waals surface area contributed by atoms with Crippen molar-refractivity contribution >= 4 is 22.9 Å². The minimum Gasteiger partial charge on any atom is -0.494 e. The fourth-order valence-corrected chi connectivity index (χ4v) is 4.27. The maximum absolute atomic E-state index is 12.7. The van der Waals surface area contributed by atoms with Gasteiger partial charge in [0.25, 0.3) is 5.79 Å². The van der Waals surface area contributed by atoms with Gasteiger partial charge in [-0.3, -0.25) is 4.79 Å². The highest BCUT2D eigenvalue weighted by Gasteiger charge is 2.41. The summed E-state index contributed by atoms with van der Waals surface area (Å²) in [5.74, 6) is -1.50. The molecule has 1 aliphatic carbocycles. The Kier molecular flexibility index (Phi) is 6.77. The molecule has 0 bridgehead atoms. The number of carbonyl (C=O) groups is 2. The molecule has 0 N–H and O–H groups in total. The Labute approximate surface area is 207 Å². The Morgan fingerprint density at radius 1 is 1.17 bits per heavy atom. The van der Waals surface area contributed by atoms with Crippen molar-refractivity contribution in [1.82, 2.24) is 0 Å². The van der Waals surface area contributed by atoms with E-state index in [1.165, 1.54) is 33.3 Å². The van der Waals surface area contributed by atoms with Gasteiger partial charge in [-0.05, 0) is 49.3 Å². The summed E-state index contributed by atoms with van der Waals surface area (Å²) >= 11 is 0. The van der Waals surface area contributed by atoms with Crippen LogP contribution in [0.2, 0.25) is 0 Å². The number of ether oxygens (including phenoxy) is 5. The Morgan fingerprint density at radius 2 is 1.94 bits per heavy atom. The quantitative estimate of drug-likeness (QED) is 0.256. The number of carbonyl (C=O) groups excluding carboxylic acids is 2. The molecule has 1 aromatic carbocycles. The third kappa shape index (κ3) is 5.06. The van der Waals surface area contributed by atoms with Crippen LogP contribution in [0, 0.1) is 0 Å². The lowest BCUT2D eigenvalue weighted by Crippen LogP contribution is -2.48. The third-order valence-electron chi connectivity index (χ3n) is 6.16. The molecule has 2 aliphatic rings. The van der Waals surface area contributed by atoms with Crippen LogP contribution in [0.25, 0.3) is 11.0 Å². The molecule has 2 unspecified atom stereocenters. The fourth-order valence-electron chi connectivity index (χ4n) is 4.27. The SMILES string of the molecule is COC1=CC(/C=C/C(=O)OC2Cc3cc4ccc(=O)oc4cc3OC2(C)C)=CCC1(OC)OC(C)=O. The van der Waals surface area contributed by atoms with Crippen molar-refractivity contribution in [3.05, 3.63) is 75.9 Å². The lowest BCUT2D eigenvalue weighted by Gasteiger charge is -2.39. The largest absolute Gasteiger partial charge is 0.494 e. The van der Waals surface area contributed by atoms with E-state index >= 15 is 0 Å². The fraction of sp³-hybridized carbons (Fsp3) is 0.370. The summed E-state index contributed by atoms with van der Waals surface area (Å²) in [6.45, 7) is 4.96. The van der Waals surface area contributed by atoms with Crippen LogP contribution < -0.4 is 10.4 Å². The maximum atomic E-state index is 12.7. The monoisotopic (exact) mass is 496 g/mol. The van der Waals surface area contributed by atoms with Gasteiger partial charge in [-0.2, -0.15) is 0 Å². The highest BCUT2D eigenvalue weighted by Crippen LogP contribution is 2.37. The number of rotatable bonds is 6. The Morgan fingerprint density at radius 3 is 2.64 bits per heavy atom. The van der Waals surface area contributed by atoms with Crippen molar-refractivity contribution in [2.45, 2.75) is 51.1 Å². The van der Waals surface area contributed by atoms with Gasteiger partial charge in [0.2, 0.25) is 0 Å². The molecule has 0 saturated heterocycles. The van der Waals surface area contributed by atoms with Crippen LogP contribution in [0.4, 0.5) is 0 Å². The van der Waals surface area contributed by atoms with Crippen LogP contribution in [0.3, 0.4) is 0 Å². The van der Waals surface area contributed by atoms with Gasteiger partial charge < -0.3 is 28.1 Å². The number of esters is 2. The molecular formula is C27H28O9. The first-order valence-corrected chi connectivity index (χ1v) is 11.4. The lowest BCUT2D eigenvalue weighted by atomic mass is 9.90. The standard InChI is InChI=1S/C27H28O9/c1-16(28)35-27(32-5)11-10-17(12-23(27)31-4)6-8-25(30)34-22-14-19-13-18-7-9-24(29)33-20(18)15-21(19)36-26(22,2)3/h6-10,12-13,15,22H,11,14H2,1-5H3/b8-6+. The van der Waals surface area contributed by atoms with Crippen LogP contribution in [0.5, 0.6) is 5.75 Å². The summed E-state index contributed by atoms with van der Waals surface area (Å²) in [5, 5.41) is 0.757. The van der Waals surface area contributed by atoms with E-state index in [0.717, 1.165) is 10.9 Å². The maximum Gasteiger partial charge on any atom is 0.336 e. The molecular weight excluding hydrogens is 468 g/mol. The van der Waals surface area contributed by atoms with E-state index in [0.29, 0.717) is 29.1 Å². The zero-order valence-corrected chi connectivity index (χ0v) is 20.8. The first-order chi connectivity index (χ1) is 17.0. The van der Waals surface area contributed by atoms with E-state index in [2.05, 4.69) is 0 Å². The Bertz CT molecular complexity index is 1340. The van der Waals surface area contributed by atoms with Gasteiger partial charge in [-0.25, -0.2) is 9.59 Å². The van der Waals surface area contributed by atoms with E-state index in [1.54, 1.807) is 30.4 Å². The van der Waals surface area contributed by atoms with Crippen molar-refractivity contribution in [1.29, 1.82) is 0 Å². The number of benzene rings is 1. The smallest absolute Gasteiger partial charge is 0.336 e. The van der Waals surface area contributed by atoms with Crippen LogP contribution in [-0.4, -0.2) is 43.7 Å². The number of hydrogen-bond acceptors (Lipinski definition) is 9. The first kappa shape index (κ1) is 25.2. The van der Waals surface area contributed by atoms with Gasteiger partial charge in [-0.15, -0.1) is 0 Å². The summed E-state index contributed by atoms with van der Waals surface area (Å²) < 4.78 is 33.3. The minimum atomic E-state index is -1.35. The zero-order chi connectivity index (χ0) is 26.1. The molecule has 4 rings (SSSR count). The normalized spacial score (nSPS) is 22.8. The first-order valence-electron chi connectivity index (χ1n) is 11.4. The molecule has 0 radical (unpaired) electrons. The van der Waals surface area contributed by atoms with Crippen molar-refractivity contribution in [3.63, 3.8) is 0 Å². The summed E-state index contributed by atoms with van der Waals surface area (Å²) in [4.78, 5) is 35.8. The van der Waals surface area contributed by atoms with E-state index in [-0.39, 0.29) is 6.42 Å². The van der Waals surface area contributed by atoms with E-state index in [9.17, 15) is 14.4 Å². The third-order valence-corrected chi connectivity index (χ3v) is 6.16. The average Bonchev–Trinajstić information content (AvgIpc) is 2.82. The van der Waals surface area contributed by atoms with E-state index in [4.69, 9.17) is 28.1 Å². The van der Waals surface area contributed by atoms with Crippen LogP contribution in [-0.2, 0) is 35.0 Å².